The quantitative estimate of drug-likeness (QED) is 0.729. The molecule has 0 N–H and O–H groups in total. The molecule has 0 bridgehead atoms. The number of aryl methyl sites for hydroxylation is 1. The minimum absolute atomic E-state index is 0.201. The van der Waals surface area contributed by atoms with Crippen molar-refractivity contribution in [2.45, 2.75) is 13.0 Å². The van der Waals surface area contributed by atoms with Gasteiger partial charge in [0, 0.05) is 18.8 Å². The summed E-state index contributed by atoms with van der Waals surface area (Å²) in [5, 5.41) is 4.00. The molecular formula is C15H18N2O4. The Morgan fingerprint density at radius 3 is 2.57 bits per heavy atom. The van der Waals surface area contributed by atoms with Gasteiger partial charge >= 0.3 is 5.97 Å². The van der Waals surface area contributed by atoms with Gasteiger partial charge in [-0.2, -0.15) is 5.10 Å². The summed E-state index contributed by atoms with van der Waals surface area (Å²) in [6, 6.07) is 7.19. The predicted molar refractivity (Wildman–Crippen MR) is 76.1 cm³/mol. The Morgan fingerprint density at radius 1 is 1.24 bits per heavy atom. The van der Waals surface area contributed by atoms with E-state index < -0.39 is 0 Å². The number of nitrogens with zero attached hydrogens (tertiary/aromatic N) is 2. The van der Waals surface area contributed by atoms with Gasteiger partial charge in [0.25, 0.3) is 0 Å². The molecule has 0 radical (unpaired) electrons. The van der Waals surface area contributed by atoms with Crippen molar-refractivity contribution < 1.29 is 19.0 Å². The highest BCUT2D eigenvalue weighted by atomic mass is 16.5. The van der Waals surface area contributed by atoms with Crippen LogP contribution in [0.3, 0.4) is 0 Å². The van der Waals surface area contributed by atoms with Crippen LogP contribution in [0, 0.1) is 0 Å². The lowest BCUT2D eigenvalue weighted by molar-refractivity contribution is -0.145. The average molecular weight is 290 g/mol. The van der Waals surface area contributed by atoms with E-state index in [-0.39, 0.29) is 25.6 Å². The molecule has 0 amide bonds. The summed E-state index contributed by atoms with van der Waals surface area (Å²) in [4.78, 5) is 11.6. The third kappa shape index (κ3) is 4.83. The number of methoxy groups -OCH3 is 1. The van der Waals surface area contributed by atoms with E-state index in [0.717, 1.165) is 11.3 Å². The Bertz CT molecular complexity index is 578. The number of ether oxygens (including phenoxy) is 3. The molecule has 21 heavy (non-hydrogen) atoms. The molecule has 6 nitrogen and oxygen atoms in total. The van der Waals surface area contributed by atoms with Crippen LogP contribution in [0.25, 0.3) is 0 Å². The summed E-state index contributed by atoms with van der Waals surface area (Å²) in [7, 11) is 3.42. The molecule has 0 spiro atoms. The van der Waals surface area contributed by atoms with E-state index in [4.69, 9.17) is 14.2 Å². The van der Waals surface area contributed by atoms with Crippen LogP contribution in [0.5, 0.6) is 11.5 Å². The standard InChI is InChI=1S/C15H18N2O4/c1-17-10-12(9-16-17)11-21-15(18)7-8-20-14-5-3-13(19-2)4-6-14/h3-6,9-10H,7-8,11H2,1-2H3. The lowest BCUT2D eigenvalue weighted by Crippen LogP contribution is -2.09. The van der Waals surface area contributed by atoms with Crippen LogP contribution in [-0.2, 0) is 23.2 Å². The number of hydrogen-bond donors (Lipinski definition) is 0. The van der Waals surface area contributed by atoms with Crippen LogP contribution >= 0.6 is 0 Å². The minimum Gasteiger partial charge on any atom is -0.497 e. The zero-order valence-corrected chi connectivity index (χ0v) is 12.1. The van der Waals surface area contributed by atoms with Crippen LogP contribution in [0.4, 0.5) is 0 Å². The van der Waals surface area contributed by atoms with Crippen LogP contribution in [0.15, 0.2) is 36.7 Å². The largest absolute Gasteiger partial charge is 0.497 e. The monoisotopic (exact) mass is 290 g/mol. The SMILES string of the molecule is COc1ccc(OCCC(=O)OCc2cnn(C)c2)cc1. The molecule has 0 saturated heterocycles. The van der Waals surface area contributed by atoms with Crippen molar-refractivity contribution in [3.63, 3.8) is 0 Å². The predicted octanol–water partition coefficient (Wildman–Crippen LogP) is 1.94. The number of esters is 1. The van der Waals surface area contributed by atoms with Crippen molar-refractivity contribution in [3.8, 4) is 11.5 Å². The highest BCUT2D eigenvalue weighted by molar-refractivity contribution is 5.69. The van der Waals surface area contributed by atoms with E-state index in [1.165, 1.54) is 0 Å². The first kappa shape index (κ1) is 14.9. The third-order valence-electron chi connectivity index (χ3n) is 2.79. The second-order valence-electron chi connectivity index (χ2n) is 4.46. The Morgan fingerprint density at radius 2 is 1.95 bits per heavy atom. The molecule has 0 unspecified atom stereocenters. The molecule has 2 aromatic rings. The van der Waals surface area contributed by atoms with Gasteiger partial charge in [0.05, 0.1) is 26.3 Å². The molecule has 1 heterocycles. The molecule has 1 aromatic heterocycles. The van der Waals surface area contributed by atoms with Crippen molar-refractivity contribution in [1.29, 1.82) is 0 Å². The first-order valence-corrected chi connectivity index (χ1v) is 6.57. The molecule has 0 aliphatic carbocycles. The van der Waals surface area contributed by atoms with E-state index in [0.29, 0.717) is 5.75 Å². The highest BCUT2D eigenvalue weighted by Gasteiger charge is 2.05. The van der Waals surface area contributed by atoms with Gasteiger partial charge < -0.3 is 14.2 Å². The van der Waals surface area contributed by atoms with Gasteiger partial charge in [-0.05, 0) is 24.3 Å². The maximum Gasteiger partial charge on any atom is 0.309 e. The van der Waals surface area contributed by atoms with E-state index in [2.05, 4.69) is 5.10 Å². The molecule has 0 saturated carbocycles. The zero-order chi connectivity index (χ0) is 15.1. The summed E-state index contributed by atoms with van der Waals surface area (Å²) < 4.78 is 17.3. The minimum atomic E-state index is -0.299. The van der Waals surface area contributed by atoms with Crippen LogP contribution in [-0.4, -0.2) is 29.5 Å². The Balaban J connectivity index is 1.66. The fraction of sp³-hybridized carbons (Fsp3) is 0.333. The summed E-state index contributed by atoms with van der Waals surface area (Å²) in [5.74, 6) is 1.15. The smallest absolute Gasteiger partial charge is 0.309 e. The van der Waals surface area contributed by atoms with E-state index >= 15 is 0 Å². The van der Waals surface area contributed by atoms with E-state index in [1.54, 1.807) is 48.5 Å². The normalized spacial score (nSPS) is 10.2. The Kier molecular flexibility index (Phi) is 5.20. The Labute approximate surface area is 123 Å². The first-order valence-electron chi connectivity index (χ1n) is 6.57. The third-order valence-corrected chi connectivity index (χ3v) is 2.79. The molecule has 1 aromatic carbocycles. The summed E-state index contributed by atoms with van der Waals surface area (Å²) in [6.07, 6.45) is 3.68. The first-order chi connectivity index (χ1) is 10.2. The zero-order valence-electron chi connectivity index (χ0n) is 12.1. The van der Waals surface area contributed by atoms with Crippen molar-refractivity contribution >= 4 is 5.97 Å². The molecule has 2 rings (SSSR count). The van der Waals surface area contributed by atoms with Gasteiger partial charge in [0.2, 0.25) is 0 Å². The topological polar surface area (TPSA) is 62.6 Å². The summed E-state index contributed by atoms with van der Waals surface area (Å²) >= 11 is 0. The van der Waals surface area contributed by atoms with Crippen molar-refractivity contribution in [3.05, 3.63) is 42.2 Å². The summed E-state index contributed by atoms with van der Waals surface area (Å²) in [6.45, 7) is 0.507. The van der Waals surface area contributed by atoms with Crippen molar-refractivity contribution in [1.82, 2.24) is 9.78 Å². The second kappa shape index (κ2) is 7.33. The van der Waals surface area contributed by atoms with Crippen LogP contribution < -0.4 is 9.47 Å². The van der Waals surface area contributed by atoms with Gasteiger partial charge in [-0.1, -0.05) is 0 Å². The maximum atomic E-state index is 11.6. The fourth-order valence-corrected chi connectivity index (χ4v) is 1.71. The van der Waals surface area contributed by atoms with Crippen molar-refractivity contribution in [2.24, 2.45) is 7.05 Å². The number of carbonyl (C=O) groups is 1. The number of benzene rings is 1. The number of aromatic nitrogens is 2. The average Bonchev–Trinajstić information content (AvgIpc) is 2.91. The lowest BCUT2D eigenvalue weighted by atomic mass is 10.3. The molecule has 0 aliphatic heterocycles. The second-order valence-corrected chi connectivity index (χ2v) is 4.46. The van der Waals surface area contributed by atoms with Gasteiger partial charge in [-0.3, -0.25) is 9.48 Å². The molecular weight excluding hydrogens is 272 g/mol. The van der Waals surface area contributed by atoms with Gasteiger partial charge in [0.1, 0.15) is 18.1 Å². The molecule has 112 valence electrons. The molecule has 0 fully saturated rings. The van der Waals surface area contributed by atoms with Gasteiger partial charge in [-0.15, -0.1) is 0 Å². The van der Waals surface area contributed by atoms with E-state index in [1.807, 2.05) is 7.05 Å². The van der Waals surface area contributed by atoms with Crippen LogP contribution in [0.2, 0.25) is 0 Å². The maximum absolute atomic E-state index is 11.6. The van der Waals surface area contributed by atoms with Gasteiger partial charge in [0.15, 0.2) is 0 Å². The number of carbonyl (C=O) groups excluding carboxylic acids is 1. The molecule has 0 aliphatic rings. The van der Waals surface area contributed by atoms with Crippen molar-refractivity contribution in [2.75, 3.05) is 13.7 Å². The highest BCUT2D eigenvalue weighted by Crippen LogP contribution is 2.17. The fourth-order valence-electron chi connectivity index (χ4n) is 1.71. The Hall–Kier alpha value is -2.50. The lowest BCUT2D eigenvalue weighted by Gasteiger charge is -2.07. The summed E-state index contributed by atoms with van der Waals surface area (Å²) in [5.41, 5.74) is 0.863. The van der Waals surface area contributed by atoms with E-state index in [9.17, 15) is 4.79 Å². The number of rotatable bonds is 7. The molecule has 6 heteroatoms. The molecule has 0 atom stereocenters. The number of hydrogen-bond acceptors (Lipinski definition) is 5. The van der Waals surface area contributed by atoms with Gasteiger partial charge in [-0.25, -0.2) is 0 Å². The van der Waals surface area contributed by atoms with Crippen LogP contribution in [0.1, 0.15) is 12.0 Å².